The highest BCUT2D eigenvalue weighted by molar-refractivity contribution is 5.75. The van der Waals surface area contributed by atoms with Gasteiger partial charge in [0.25, 0.3) is 0 Å². The van der Waals surface area contributed by atoms with Gasteiger partial charge in [-0.05, 0) is 13.0 Å². The molecule has 0 aliphatic carbocycles. The summed E-state index contributed by atoms with van der Waals surface area (Å²) >= 11 is 0. The van der Waals surface area contributed by atoms with Gasteiger partial charge in [0.15, 0.2) is 5.65 Å². The van der Waals surface area contributed by atoms with E-state index in [1.54, 1.807) is 29.8 Å². The summed E-state index contributed by atoms with van der Waals surface area (Å²) < 4.78 is 6.42. The van der Waals surface area contributed by atoms with E-state index in [4.69, 9.17) is 10.5 Å². The molecule has 6 nitrogen and oxygen atoms in total. The molecule has 2 rings (SSSR count). The third-order valence-electron chi connectivity index (χ3n) is 2.10. The SMILES string of the molecule is CCOC(=O)Cc1cccn2nc(N)nc12. The summed E-state index contributed by atoms with van der Waals surface area (Å²) in [6, 6.07) is 3.59. The van der Waals surface area contributed by atoms with Crippen molar-refractivity contribution in [2.45, 2.75) is 13.3 Å². The van der Waals surface area contributed by atoms with Gasteiger partial charge in [-0.1, -0.05) is 6.07 Å². The van der Waals surface area contributed by atoms with Gasteiger partial charge < -0.3 is 10.5 Å². The number of nitrogen functional groups attached to an aromatic ring is 1. The molecule has 0 aromatic carbocycles. The number of aromatic nitrogens is 3. The second-order valence-electron chi connectivity index (χ2n) is 3.25. The van der Waals surface area contributed by atoms with Gasteiger partial charge in [0, 0.05) is 11.8 Å². The van der Waals surface area contributed by atoms with Crippen LogP contribution < -0.4 is 5.73 Å². The molecule has 0 saturated heterocycles. The lowest BCUT2D eigenvalue weighted by Gasteiger charge is -2.02. The summed E-state index contributed by atoms with van der Waals surface area (Å²) in [5.41, 5.74) is 6.84. The monoisotopic (exact) mass is 220 g/mol. The first-order valence-electron chi connectivity index (χ1n) is 4.96. The molecule has 0 atom stereocenters. The van der Waals surface area contributed by atoms with Gasteiger partial charge in [-0.3, -0.25) is 4.79 Å². The lowest BCUT2D eigenvalue weighted by Crippen LogP contribution is -2.08. The van der Waals surface area contributed by atoms with Gasteiger partial charge in [-0.25, -0.2) is 4.52 Å². The maximum absolute atomic E-state index is 11.4. The fourth-order valence-electron chi connectivity index (χ4n) is 1.48. The number of hydrogen-bond donors (Lipinski definition) is 1. The molecule has 2 N–H and O–H groups in total. The molecule has 2 heterocycles. The Labute approximate surface area is 92.0 Å². The number of nitrogens with two attached hydrogens (primary N) is 1. The van der Waals surface area contributed by atoms with Crippen molar-refractivity contribution in [2.75, 3.05) is 12.3 Å². The summed E-state index contributed by atoms with van der Waals surface area (Å²) in [4.78, 5) is 15.4. The maximum atomic E-state index is 11.4. The van der Waals surface area contributed by atoms with Crippen LogP contribution in [0.15, 0.2) is 18.3 Å². The standard InChI is InChI=1S/C10H12N4O2/c1-2-16-8(15)6-7-4-3-5-14-9(7)12-10(11)13-14/h3-5H,2,6H2,1H3,(H2,11,13). The van der Waals surface area contributed by atoms with Crippen molar-refractivity contribution >= 4 is 17.6 Å². The van der Waals surface area contributed by atoms with Crippen LogP contribution >= 0.6 is 0 Å². The zero-order valence-electron chi connectivity index (χ0n) is 8.88. The molecule has 0 aliphatic rings. The smallest absolute Gasteiger partial charge is 0.310 e. The second kappa shape index (κ2) is 4.18. The van der Waals surface area contributed by atoms with Crippen LogP contribution in [0.3, 0.4) is 0 Å². The number of nitrogens with zero attached hydrogens (tertiary/aromatic N) is 3. The molecule has 0 amide bonds. The van der Waals surface area contributed by atoms with Crippen molar-refractivity contribution in [3.8, 4) is 0 Å². The quantitative estimate of drug-likeness (QED) is 0.758. The number of hydrogen-bond acceptors (Lipinski definition) is 5. The van der Waals surface area contributed by atoms with Crippen LogP contribution in [0, 0.1) is 0 Å². The Bertz CT molecular complexity index is 521. The molecule has 0 aliphatic heterocycles. The summed E-state index contributed by atoms with van der Waals surface area (Å²) in [5.74, 6) is -0.0894. The Morgan fingerprint density at radius 2 is 2.44 bits per heavy atom. The zero-order valence-corrected chi connectivity index (χ0v) is 8.88. The Kier molecular flexibility index (Phi) is 2.72. The minimum absolute atomic E-state index is 0.177. The number of esters is 1. The van der Waals surface area contributed by atoms with Crippen molar-refractivity contribution < 1.29 is 9.53 Å². The number of rotatable bonds is 3. The normalized spacial score (nSPS) is 10.6. The number of anilines is 1. The van der Waals surface area contributed by atoms with Crippen LogP contribution in [-0.2, 0) is 16.0 Å². The molecule has 84 valence electrons. The Hall–Kier alpha value is -2.11. The highest BCUT2D eigenvalue weighted by Crippen LogP contribution is 2.10. The van der Waals surface area contributed by atoms with E-state index in [1.807, 2.05) is 0 Å². The fourth-order valence-corrected chi connectivity index (χ4v) is 1.48. The van der Waals surface area contributed by atoms with Crippen LogP contribution in [-0.4, -0.2) is 27.2 Å². The molecule has 2 aromatic heterocycles. The molecule has 0 unspecified atom stereocenters. The summed E-state index contributed by atoms with van der Waals surface area (Å²) in [6.45, 7) is 2.14. The molecule has 6 heteroatoms. The average Bonchev–Trinajstić information content (AvgIpc) is 2.60. The van der Waals surface area contributed by atoms with E-state index in [2.05, 4.69) is 10.1 Å². The van der Waals surface area contributed by atoms with Crippen molar-refractivity contribution in [1.29, 1.82) is 0 Å². The lowest BCUT2D eigenvalue weighted by atomic mass is 10.2. The molecular weight excluding hydrogens is 208 g/mol. The number of fused-ring (bicyclic) bond motifs is 1. The second-order valence-corrected chi connectivity index (χ2v) is 3.25. The molecule has 0 fully saturated rings. The number of carbonyl (C=O) groups is 1. The van der Waals surface area contributed by atoms with Gasteiger partial charge in [0.2, 0.25) is 5.95 Å². The van der Waals surface area contributed by atoms with Gasteiger partial charge in [-0.15, -0.1) is 5.10 Å². The first kappa shape index (κ1) is 10.4. The zero-order chi connectivity index (χ0) is 11.5. The molecule has 0 spiro atoms. The van der Waals surface area contributed by atoms with Gasteiger partial charge in [-0.2, -0.15) is 4.98 Å². The maximum Gasteiger partial charge on any atom is 0.310 e. The Morgan fingerprint density at radius 1 is 1.62 bits per heavy atom. The van der Waals surface area contributed by atoms with Gasteiger partial charge in [0.05, 0.1) is 13.0 Å². The number of ether oxygens (including phenoxy) is 1. The molecule has 2 aromatic rings. The first-order valence-corrected chi connectivity index (χ1v) is 4.96. The van der Waals surface area contributed by atoms with Crippen LogP contribution in [0.2, 0.25) is 0 Å². The Balaban J connectivity index is 2.33. The third kappa shape index (κ3) is 1.95. The summed E-state index contributed by atoms with van der Waals surface area (Å²) in [6.07, 6.45) is 1.91. The molecular formula is C10H12N4O2. The fraction of sp³-hybridized carbons (Fsp3) is 0.300. The van der Waals surface area contributed by atoms with E-state index < -0.39 is 0 Å². The largest absolute Gasteiger partial charge is 0.466 e. The lowest BCUT2D eigenvalue weighted by molar-refractivity contribution is -0.142. The third-order valence-corrected chi connectivity index (χ3v) is 2.10. The van der Waals surface area contributed by atoms with E-state index in [9.17, 15) is 4.79 Å². The van der Waals surface area contributed by atoms with Crippen molar-refractivity contribution in [3.63, 3.8) is 0 Å². The van der Waals surface area contributed by atoms with E-state index in [0.29, 0.717) is 12.3 Å². The van der Waals surface area contributed by atoms with Crippen molar-refractivity contribution in [2.24, 2.45) is 0 Å². The first-order chi connectivity index (χ1) is 7.70. The topological polar surface area (TPSA) is 82.5 Å². The number of carbonyl (C=O) groups excluding carboxylic acids is 1. The molecule has 16 heavy (non-hydrogen) atoms. The highest BCUT2D eigenvalue weighted by atomic mass is 16.5. The number of pyridine rings is 1. The predicted octanol–water partition coefficient (Wildman–Crippen LogP) is 0.417. The highest BCUT2D eigenvalue weighted by Gasteiger charge is 2.10. The van der Waals surface area contributed by atoms with E-state index in [-0.39, 0.29) is 18.3 Å². The van der Waals surface area contributed by atoms with Crippen molar-refractivity contribution in [3.05, 3.63) is 23.9 Å². The van der Waals surface area contributed by atoms with Crippen LogP contribution in [0.4, 0.5) is 5.95 Å². The van der Waals surface area contributed by atoms with Gasteiger partial charge >= 0.3 is 5.97 Å². The molecule has 0 radical (unpaired) electrons. The molecule has 0 bridgehead atoms. The predicted molar refractivity (Wildman–Crippen MR) is 57.7 cm³/mol. The van der Waals surface area contributed by atoms with E-state index in [1.165, 1.54) is 0 Å². The van der Waals surface area contributed by atoms with Crippen molar-refractivity contribution in [1.82, 2.24) is 14.6 Å². The van der Waals surface area contributed by atoms with Gasteiger partial charge in [0.1, 0.15) is 0 Å². The van der Waals surface area contributed by atoms with E-state index in [0.717, 1.165) is 5.56 Å². The molecule has 0 saturated carbocycles. The van der Waals surface area contributed by atoms with E-state index >= 15 is 0 Å². The summed E-state index contributed by atoms with van der Waals surface area (Å²) in [5, 5.41) is 3.96. The summed E-state index contributed by atoms with van der Waals surface area (Å²) in [7, 11) is 0. The average molecular weight is 220 g/mol. The van der Waals surface area contributed by atoms with Crippen LogP contribution in [0.5, 0.6) is 0 Å². The van der Waals surface area contributed by atoms with Crippen LogP contribution in [0.25, 0.3) is 5.65 Å². The minimum atomic E-state index is -0.280. The Morgan fingerprint density at radius 3 is 3.19 bits per heavy atom. The minimum Gasteiger partial charge on any atom is -0.466 e. The van der Waals surface area contributed by atoms with Crippen LogP contribution in [0.1, 0.15) is 12.5 Å².